The number of piperidine rings is 1. The molecule has 2 aliphatic rings. The quantitative estimate of drug-likeness (QED) is 0.907. The summed E-state index contributed by atoms with van der Waals surface area (Å²) in [4.78, 5) is 0.848. The van der Waals surface area contributed by atoms with Crippen LogP contribution in [0.25, 0.3) is 4.96 Å². The molecule has 21 heavy (non-hydrogen) atoms. The van der Waals surface area contributed by atoms with Crippen molar-refractivity contribution in [3.63, 3.8) is 0 Å². The van der Waals surface area contributed by atoms with Gasteiger partial charge in [0.15, 0.2) is 5.82 Å². The van der Waals surface area contributed by atoms with Crippen LogP contribution in [0.5, 0.6) is 0 Å². The fourth-order valence-electron chi connectivity index (χ4n) is 2.87. The van der Waals surface area contributed by atoms with Gasteiger partial charge in [-0.1, -0.05) is 11.3 Å². The van der Waals surface area contributed by atoms with E-state index in [0.29, 0.717) is 18.6 Å². The summed E-state index contributed by atoms with van der Waals surface area (Å²) in [6, 6.07) is 0. The molecule has 0 amide bonds. The van der Waals surface area contributed by atoms with E-state index in [1.165, 1.54) is 0 Å². The molecule has 1 N–H and O–H groups in total. The second kappa shape index (κ2) is 5.96. The summed E-state index contributed by atoms with van der Waals surface area (Å²) in [5.74, 6) is 1.24. The third-order valence-electron chi connectivity index (χ3n) is 4.08. The molecule has 8 heteroatoms. The SMILES string of the molecule is C1CC(OCc2nn3c(C4CCOC4)nnc3s2)CCN1. The lowest BCUT2D eigenvalue weighted by atomic mass is 10.1. The third-order valence-corrected chi connectivity index (χ3v) is 4.95. The molecule has 2 aromatic rings. The van der Waals surface area contributed by atoms with Crippen molar-refractivity contribution in [3.05, 3.63) is 10.8 Å². The molecule has 2 saturated heterocycles. The maximum Gasteiger partial charge on any atom is 0.234 e. The van der Waals surface area contributed by atoms with Gasteiger partial charge in [0, 0.05) is 12.5 Å². The summed E-state index contributed by atoms with van der Waals surface area (Å²) in [6.07, 6.45) is 3.51. The highest BCUT2D eigenvalue weighted by atomic mass is 32.1. The van der Waals surface area contributed by atoms with E-state index in [2.05, 4.69) is 20.6 Å². The Morgan fingerprint density at radius 1 is 1.29 bits per heavy atom. The Balaban J connectivity index is 1.46. The number of nitrogens with zero attached hydrogens (tertiary/aromatic N) is 4. The van der Waals surface area contributed by atoms with E-state index in [0.717, 1.165) is 61.4 Å². The number of hydrogen-bond acceptors (Lipinski definition) is 7. The van der Waals surface area contributed by atoms with E-state index in [9.17, 15) is 0 Å². The van der Waals surface area contributed by atoms with E-state index in [1.807, 2.05) is 4.52 Å². The molecule has 4 heterocycles. The van der Waals surface area contributed by atoms with Crippen LogP contribution in [0.4, 0.5) is 0 Å². The van der Waals surface area contributed by atoms with Gasteiger partial charge in [0.05, 0.1) is 12.7 Å². The van der Waals surface area contributed by atoms with E-state index >= 15 is 0 Å². The molecule has 0 spiro atoms. The summed E-state index contributed by atoms with van der Waals surface area (Å²) in [5, 5.41) is 17.4. The van der Waals surface area contributed by atoms with Gasteiger partial charge in [-0.05, 0) is 32.4 Å². The molecule has 0 radical (unpaired) electrons. The van der Waals surface area contributed by atoms with Crippen LogP contribution in [0, 0.1) is 0 Å². The maximum atomic E-state index is 5.95. The Bertz CT molecular complexity index is 601. The highest BCUT2D eigenvalue weighted by Crippen LogP contribution is 2.26. The van der Waals surface area contributed by atoms with Gasteiger partial charge in [-0.15, -0.1) is 10.2 Å². The number of fused-ring (bicyclic) bond motifs is 1. The highest BCUT2D eigenvalue weighted by molar-refractivity contribution is 7.16. The lowest BCUT2D eigenvalue weighted by Crippen LogP contribution is -2.32. The minimum absolute atomic E-state index is 0.320. The van der Waals surface area contributed by atoms with Crippen molar-refractivity contribution in [2.75, 3.05) is 26.3 Å². The summed E-state index contributed by atoms with van der Waals surface area (Å²) in [6.45, 7) is 4.18. The molecule has 0 aliphatic carbocycles. The molecule has 114 valence electrons. The predicted molar refractivity (Wildman–Crippen MR) is 77.5 cm³/mol. The molecule has 4 rings (SSSR count). The lowest BCUT2D eigenvalue weighted by molar-refractivity contribution is 0.0208. The normalized spacial score (nSPS) is 24.1. The molecule has 0 aromatic carbocycles. The zero-order chi connectivity index (χ0) is 14.1. The predicted octanol–water partition coefficient (Wildman–Crippen LogP) is 0.958. The highest BCUT2D eigenvalue weighted by Gasteiger charge is 2.25. The molecule has 0 saturated carbocycles. The van der Waals surface area contributed by atoms with Crippen molar-refractivity contribution in [3.8, 4) is 0 Å². The van der Waals surface area contributed by atoms with Crippen molar-refractivity contribution in [2.45, 2.75) is 37.9 Å². The van der Waals surface area contributed by atoms with Crippen LogP contribution in [-0.2, 0) is 16.1 Å². The number of rotatable bonds is 4. The lowest BCUT2D eigenvalue weighted by Gasteiger charge is -2.22. The van der Waals surface area contributed by atoms with Crippen LogP contribution in [0.15, 0.2) is 0 Å². The van der Waals surface area contributed by atoms with Gasteiger partial charge in [-0.3, -0.25) is 0 Å². The first-order chi connectivity index (χ1) is 10.4. The Morgan fingerprint density at radius 3 is 3.00 bits per heavy atom. The molecule has 1 atom stereocenters. The molecule has 2 aromatic heterocycles. The average Bonchev–Trinajstić information content (AvgIpc) is 3.22. The van der Waals surface area contributed by atoms with Crippen LogP contribution >= 0.6 is 11.3 Å². The van der Waals surface area contributed by atoms with Gasteiger partial charge < -0.3 is 14.8 Å². The molecular weight excluding hydrogens is 290 g/mol. The Hall–Kier alpha value is -1.09. The molecule has 1 unspecified atom stereocenters. The van der Waals surface area contributed by atoms with Crippen LogP contribution in [0.2, 0.25) is 0 Å². The van der Waals surface area contributed by atoms with Gasteiger partial charge >= 0.3 is 0 Å². The summed E-state index contributed by atoms with van der Waals surface area (Å²) in [7, 11) is 0. The van der Waals surface area contributed by atoms with Crippen LogP contribution in [-0.4, -0.2) is 52.2 Å². The van der Waals surface area contributed by atoms with Gasteiger partial charge in [-0.2, -0.15) is 9.61 Å². The van der Waals surface area contributed by atoms with Crippen LogP contribution in [0.1, 0.15) is 36.0 Å². The zero-order valence-corrected chi connectivity index (χ0v) is 12.6. The van der Waals surface area contributed by atoms with Gasteiger partial charge in [0.1, 0.15) is 11.6 Å². The van der Waals surface area contributed by atoms with Crippen LogP contribution < -0.4 is 5.32 Å². The van der Waals surface area contributed by atoms with Crippen molar-refractivity contribution in [2.24, 2.45) is 0 Å². The standard InChI is InChI=1S/C13H19N5O2S/c1-4-14-5-2-10(1)20-8-11-17-18-12(9-3-6-19-7-9)15-16-13(18)21-11/h9-10,14H,1-8H2. The maximum absolute atomic E-state index is 5.95. The topological polar surface area (TPSA) is 73.6 Å². The van der Waals surface area contributed by atoms with Crippen LogP contribution in [0.3, 0.4) is 0 Å². The van der Waals surface area contributed by atoms with Gasteiger partial charge in [0.25, 0.3) is 0 Å². The first-order valence-corrected chi connectivity index (χ1v) is 8.33. The molecule has 0 bridgehead atoms. The second-order valence-corrected chi connectivity index (χ2v) is 6.61. The Kier molecular flexibility index (Phi) is 3.85. The smallest absolute Gasteiger partial charge is 0.234 e. The number of ether oxygens (including phenoxy) is 2. The molecule has 2 fully saturated rings. The van der Waals surface area contributed by atoms with E-state index in [1.54, 1.807) is 11.3 Å². The Labute approximate surface area is 126 Å². The van der Waals surface area contributed by atoms with Crippen molar-refractivity contribution in [1.29, 1.82) is 0 Å². The van der Waals surface area contributed by atoms with E-state index in [4.69, 9.17) is 9.47 Å². The van der Waals surface area contributed by atoms with E-state index < -0.39 is 0 Å². The number of aromatic nitrogens is 4. The fourth-order valence-corrected chi connectivity index (χ4v) is 3.64. The first-order valence-electron chi connectivity index (χ1n) is 7.51. The molecule has 7 nitrogen and oxygen atoms in total. The third kappa shape index (κ3) is 2.80. The molecular formula is C13H19N5O2S. The number of hydrogen-bond donors (Lipinski definition) is 1. The summed E-state index contributed by atoms with van der Waals surface area (Å²) >= 11 is 1.56. The minimum atomic E-state index is 0.320. The van der Waals surface area contributed by atoms with Crippen molar-refractivity contribution < 1.29 is 9.47 Å². The first kappa shape index (κ1) is 13.6. The Morgan fingerprint density at radius 2 is 2.19 bits per heavy atom. The van der Waals surface area contributed by atoms with Crippen molar-refractivity contribution in [1.82, 2.24) is 25.1 Å². The van der Waals surface area contributed by atoms with Crippen molar-refractivity contribution >= 4 is 16.3 Å². The zero-order valence-electron chi connectivity index (χ0n) is 11.8. The average molecular weight is 309 g/mol. The fraction of sp³-hybridized carbons (Fsp3) is 0.769. The van der Waals surface area contributed by atoms with Gasteiger partial charge in [-0.25, -0.2) is 0 Å². The minimum Gasteiger partial charge on any atom is -0.381 e. The largest absolute Gasteiger partial charge is 0.381 e. The van der Waals surface area contributed by atoms with E-state index in [-0.39, 0.29) is 0 Å². The molecule has 2 aliphatic heterocycles. The second-order valence-electron chi connectivity index (χ2n) is 5.57. The number of nitrogens with one attached hydrogen (secondary N) is 1. The monoisotopic (exact) mass is 309 g/mol. The van der Waals surface area contributed by atoms with Gasteiger partial charge in [0.2, 0.25) is 4.96 Å². The summed E-state index contributed by atoms with van der Waals surface area (Å²) in [5.41, 5.74) is 0. The summed E-state index contributed by atoms with van der Waals surface area (Å²) < 4.78 is 13.2.